The molecule has 6 nitrogen and oxygen atoms in total. The number of nitrogens with zero attached hydrogens (tertiary/aromatic N) is 3. The molecule has 2 atom stereocenters. The van der Waals surface area contributed by atoms with Gasteiger partial charge in [-0.3, -0.25) is 9.48 Å². The number of hydrogen-bond donors (Lipinski definition) is 2. The van der Waals surface area contributed by atoms with Crippen LogP contribution in [0.5, 0.6) is 0 Å². The Kier molecular flexibility index (Phi) is 4.11. The van der Waals surface area contributed by atoms with Crippen molar-refractivity contribution < 1.29 is 9.90 Å². The molecule has 24 heavy (non-hydrogen) atoms. The zero-order chi connectivity index (χ0) is 16.7. The standard InChI is InChI=1S/C18H28N4O2/c1-12-8-14(9-12)17(23)19-15-5-2-4-13(15)10-22-11-16(20-21-22)18(24)6-3-7-18/h11-15,24H,2-10H2,1H3,(H,19,23)/t12?,13-,14?,15-/m1/s1. The lowest BCUT2D eigenvalue weighted by molar-refractivity contribution is -0.129. The van der Waals surface area contributed by atoms with Crippen LogP contribution >= 0.6 is 0 Å². The van der Waals surface area contributed by atoms with E-state index in [-0.39, 0.29) is 17.9 Å². The van der Waals surface area contributed by atoms with E-state index in [0.717, 1.165) is 57.9 Å². The van der Waals surface area contributed by atoms with Gasteiger partial charge in [-0.15, -0.1) is 5.10 Å². The van der Waals surface area contributed by atoms with Crippen LogP contribution in [0, 0.1) is 17.8 Å². The van der Waals surface area contributed by atoms with Gasteiger partial charge >= 0.3 is 0 Å². The van der Waals surface area contributed by atoms with Crippen LogP contribution in [0.2, 0.25) is 0 Å². The Hall–Kier alpha value is -1.43. The van der Waals surface area contributed by atoms with Crippen LogP contribution in [0.15, 0.2) is 6.20 Å². The van der Waals surface area contributed by atoms with Crippen molar-refractivity contribution in [3.8, 4) is 0 Å². The van der Waals surface area contributed by atoms with Gasteiger partial charge in [0.1, 0.15) is 11.3 Å². The first kappa shape index (κ1) is 16.1. The molecular formula is C18H28N4O2. The predicted octanol–water partition coefficient (Wildman–Crippen LogP) is 1.98. The lowest BCUT2D eigenvalue weighted by Crippen LogP contribution is -2.45. The van der Waals surface area contributed by atoms with Crippen molar-refractivity contribution in [3.05, 3.63) is 11.9 Å². The Bertz CT molecular complexity index is 604. The normalized spacial score (nSPS) is 34.4. The molecular weight excluding hydrogens is 304 g/mol. The fourth-order valence-electron chi connectivity index (χ4n) is 4.47. The van der Waals surface area contributed by atoms with E-state index in [0.29, 0.717) is 17.5 Å². The molecule has 3 aliphatic rings. The molecule has 1 heterocycles. The van der Waals surface area contributed by atoms with Crippen LogP contribution in [-0.4, -0.2) is 32.0 Å². The number of aliphatic hydroxyl groups is 1. The highest BCUT2D eigenvalue weighted by Gasteiger charge is 2.39. The Morgan fingerprint density at radius 2 is 2.17 bits per heavy atom. The third kappa shape index (κ3) is 2.96. The van der Waals surface area contributed by atoms with Gasteiger partial charge in [0.05, 0.1) is 6.20 Å². The average Bonchev–Trinajstić information content (AvgIpc) is 3.12. The molecule has 0 unspecified atom stereocenters. The topological polar surface area (TPSA) is 80.0 Å². The van der Waals surface area contributed by atoms with E-state index in [4.69, 9.17) is 0 Å². The van der Waals surface area contributed by atoms with Gasteiger partial charge < -0.3 is 10.4 Å². The van der Waals surface area contributed by atoms with E-state index in [9.17, 15) is 9.90 Å². The van der Waals surface area contributed by atoms with Gasteiger partial charge in [0, 0.05) is 18.5 Å². The number of aromatic nitrogens is 3. The first-order valence-corrected chi connectivity index (χ1v) is 9.47. The zero-order valence-electron chi connectivity index (χ0n) is 14.4. The van der Waals surface area contributed by atoms with Crippen molar-refractivity contribution in [2.24, 2.45) is 17.8 Å². The van der Waals surface area contributed by atoms with Gasteiger partial charge in [0.25, 0.3) is 0 Å². The molecule has 0 radical (unpaired) electrons. The molecule has 3 saturated carbocycles. The molecule has 6 heteroatoms. The van der Waals surface area contributed by atoms with E-state index in [1.165, 1.54) is 0 Å². The second-order valence-corrected chi connectivity index (χ2v) is 8.29. The minimum absolute atomic E-state index is 0.229. The third-order valence-electron chi connectivity index (χ3n) is 6.35. The maximum absolute atomic E-state index is 12.3. The molecule has 0 saturated heterocycles. The molecule has 0 bridgehead atoms. The summed E-state index contributed by atoms with van der Waals surface area (Å²) >= 11 is 0. The first-order valence-electron chi connectivity index (χ1n) is 9.47. The van der Waals surface area contributed by atoms with E-state index >= 15 is 0 Å². The van der Waals surface area contributed by atoms with Crippen LogP contribution in [0.1, 0.15) is 64.0 Å². The summed E-state index contributed by atoms with van der Waals surface area (Å²) in [5, 5.41) is 22.0. The van der Waals surface area contributed by atoms with Crippen molar-refractivity contribution in [1.29, 1.82) is 0 Å². The number of hydrogen-bond acceptors (Lipinski definition) is 4. The molecule has 2 N–H and O–H groups in total. The van der Waals surface area contributed by atoms with Gasteiger partial charge in [-0.05, 0) is 56.8 Å². The van der Waals surface area contributed by atoms with Crippen LogP contribution in [0.25, 0.3) is 0 Å². The monoisotopic (exact) mass is 332 g/mol. The average molecular weight is 332 g/mol. The summed E-state index contributed by atoms with van der Waals surface area (Å²) in [5.41, 5.74) is -0.0431. The second-order valence-electron chi connectivity index (χ2n) is 8.29. The van der Waals surface area contributed by atoms with Crippen LogP contribution in [0.4, 0.5) is 0 Å². The minimum Gasteiger partial charge on any atom is -0.383 e. The molecule has 3 aliphatic carbocycles. The third-order valence-corrected chi connectivity index (χ3v) is 6.35. The number of rotatable bonds is 5. The van der Waals surface area contributed by atoms with Crippen LogP contribution < -0.4 is 5.32 Å². The minimum atomic E-state index is -0.748. The summed E-state index contributed by atoms with van der Waals surface area (Å²) in [6, 6.07) is 0.257. The van der Waals surface area contributed by atoms with Gasteiger partial charge in [-0.1, -0.05) is 18.6 Å². The Morgan fingerprint density at radius 1 is 1.38 bits per heavy atom. The fraction of sp³-hybridized carbons (Fsp3) is 0.833. The molecule has 0 aliphatic heterocycles. The molecule has 1 amide bonds. The van der Waals surface area contributed by atoms with Crippen molar-refractivity contribution in [3.63, 3.8) is 0 Å². The highest BCUT2D eigenvalue weighted by molar-refractivity contribution is 5.79. The van der Waals surface area contributed by atoms with Gasteiger partial charge in [-0.25, -0.2) is 0 Å². The Balaban J connectivity index is 1.34. The van der Waals surface area contributed by atoms with Crippen LogP contribution in [-0.2, 0) is 16.9 Å². The summed E-state index contributed by atoms with van der Waals surface area (Å²) in [4.78, 5) is 12.3. The number of nitrogens with one attached hydrogen (secondary N) is 1. The maximum atomic E-state index is 12.3. The van der Waals surface area contributed by atoms with Gasteiger partial charge in [-0.2, -0.15) is 0 Å². The maximum Gasteiger partial charge on any atom is 0.223 e. The molecule has 4 rings (SSSR count). The van der Waals surface area contributed by atoms with Crippen molar-refractivity contribution in [1.82, 2.24) is 20.3 Å². The predicted molar refractivity (Wildman–Crippen MR) is 88.9 cm³/mol. The fourth-order valence-corrected chi connectivity index (χ4v) is 4.47. The molecule has 0 aromatic carbocycles. The highest BCUT2D eigenvalue weighted by atomic mass is 16.3. The molecule has 3 fully saturated rings. The number of carbonyl (C=O) groups excluding carboxylic acids is 1. The summed E-state index contributed by atoms with van der Waals surface area (Å²) in [7, 11) is 0. The summed E-state index contributed by atoms with van der Waals surface area (Å²) in [5.74, 6) is 1.59. The SMILES string of the molecule is CC1CC(C(=O)N[C@@H]2CCC[C@@H]2Cn2cc(C3(O)CCC3)nn2)C1. The van der Waals surface area contributed by atoms with Gasteiger partial charge in [0.15, 0.2) is 0 Å². The largest absolute Gasteiger partial charge is 0.383 e. The molecule has 0 spiro atoms. The summed E-state index contributed by atoms with van der Waals surface area (Å²) in [6.07, 6.45) is 9.92. The van der Waals surface area contributed by atoms with E-state index in [1.807, 2.05) is 10.9 Å². The van der Waals surface area contributed by atoms with Crippen molar-refractivity contribution in [2.45, 2.75) is 76.5 Å². The quantitative estimate of drug-likeness (QED) is 0.864. The zero-order valence-corrected chi connectivity index (χ0v) is 14.4. The first-order chi connectivity index (χ1) is 11.5. The number of amides is 1. The highest BCUT2D eigenvalue weighted by Crippen LogP contribution is 2.40. The summed E-state index contributed by atoms with van der Waals surface area (Å²) in [6.45, 7) is 2.98. The van der Waals surface area contributed by atoms with Gasteiger partial charge in [0.2, 0.25) is 5.91 Å². The smallest absolute Gasteiger partial charge is 0.223 e. The Morgan fingerprint density at radius 3 is 2.83 bits per heavy atom. The van der Waals surface area contributed by atoms with Crippen LogP contribution in [0.3, 0.4) is 0 Å². The van der Waals surface area contributed by atoms with E-state index in [2.05, 4.69) is 22.6 Å². The second kappa shape index (κ2) is 6.14. The summed E-state index contributed by atoms with van der Waals surface area (Å²) < 4.78 is 1.85. The lowest BCUT2D eigenvalue weighted by atomic mass is 9.75. The molecule has 132 valence electrons. The van der Waals surface area contributed by atoms with Crippen molar-refractivity contribution in [2.75, 3.05) is 0 Å². The van der Waals surface area contributed by atoms with Crippen molar-refractivity contribution >= 4 is 5.91 Å². The van der Waals surface area contributed by atoms with E-state index in [1.54, 1.807) is 0 Å². The molecule has 1 aromatic heterocycles. The molecule has 1 aromatic rings. The lowest BCUT2D eigenvalue weighted by Gasteiger charge is -2.34. The van der Waals surface area contributed by atoms with E-state index < -0.39 is 5.60 Å². The Labute approximate surface area is 143 Å². The number of carbonyl (C=O) groups is 1.